The van der Waals surface area contributed by atoms with Crippen LogP contribution in [0.15, 0.2) is 45.5 Å². The number of carbonyl (C=O) groups is 2. The molecule has 3 rings (SSSR count). The molecule has 0 atom stereocenters. The molecular weight excluding hydrogens is 380 g/mol. The van der Waals surface area contributed by atoms with Crippen LogP contribution in [0, 0.1) is 0 Å². The first-order valence-corrected chi connectivity index (χ1v) is 8.76. The van der Waals surface area contributed by atoms with E-state index in [1.54, 1.807) is 30.3 Å². The van der Waals surface area contributed by atoms with Gasteiger partial charge in [0.1, 0.15) is 0 Å². The summed E-state index contributed by atoms with van der Waals surface area (Å²) in [5.41, 5.74) is 5.87. The lowest BCUT2D eigenvalue weighted by Crippen LogP contribution is -2.23. The molecule has 2 aromatic heterocycles. The quantitative estimate of drug-likeness (QED) is 0.520. The van der Waals surface area contributed by atoms with E-state index in [-0.39, 0.29) is 18.9 Å². The second kappa shape index (κ2) is 9.40. The molecule has 29 heavy (non-hydrogen) atoms. The van der Waals surface area contributed by atoms with Gasteiger partial charge in [0.2, 0.25) is 17.6 Å². The summed E-state index contributed by atoms with van der Waals surface area (Å²) in [5, 5.41) is 6.62. The van der Waals surface area contributed by atoms with Gasteiger partial charge in [-0.3, -0.25) is 9.59 Å². The van der Waals surface area contributed by atoms with E-state index in [0.29, 0.717) is 41.9 Å². The molecule has 2 heterocycles. The van der Waals surface area contributed by atoms with Crippen LogP contribution in [0.4, 0.5) is 0 Å². The topological polar surface area (TPSA) is 143 Å². The van der Waals surface area contributed by atoms with Gasteiger partial charge in [0.05, 0.1) is 13.4 Å². The fourth-order valence-electron chi connectivity index (χ4n) is 2.46. The molecule has 0 aliphatic rings. The molecule has 10 nitrogen and oxygen atoms in total. The third-order valence-corrected chi connectivity index (χ3v) is 3.86. The highest BCUT2D eigenvalue weighted by Gasteiger charge is 2.13. The molecule has 0 saturated carbocycles. The van der Waals surface area contributed by atoms with Gasteiger partial charge in [0.15, 0.2) is 23.9 Å². The summed E-state index contributed by atoms with van der Waals surface area (Å²) in [6.45, 7) is 0.0521. The summed E-state index contributed by atoms with van der Waals surface area (Å²) in [6.07, 6.45) is 2.02. The maximum absolute atomic E-state index is 12.1. The lowest BCUT2D eigenvalue weighted by atomic mass is 10.2. The second-order valence-corrected chi connectivity index (χ2v) is 6.01. The van der Waals surface area contributed by atoms with Gasteiger partial charge in [-0.25, -0.2) is 0 Å². The zero-order chi connectivity index (χ0) is 20.6. The van der Waals surface area contributed by atoms with Crippen molar-refractivity contribution in [3.05, 3.63) is 48.0 Å². The Bertz CT molecular complexity index is 967. The van der Waals surface area contributed by atoms with Gasteiger partial charge in [-0.05, 0) is 29.8 Å². The van der Waals surface area contributed by atoms with Crippen molar-refractivity contribution < 1.29 is 28.0 Å². The molecule has 0 spiro atoms. The van der Waals surface area contributed by atoms with E-state index in [4.69, 9.17) is 24.1 Å². The molecule has 0 aliphatic carbocycles. The normalized spacial score (nSPS) is 10.5. The molecule has 3 N–H and O–H groups in total. The Labute approximate surface area is 166 Å². The number of primary amides is 1. The Morgan fingerprint density at radius 2 is 2.10 bits per heavy atom. The van der Waals surface area contributed by atoms with Gasteiger partial charge in [-0.1, -0.05) is 11.2 Å². The van der Waals surface area contributed by atoms with E-state index in [0.717, 1.165) is 5.56 Å². The Hall–Kier alpha value is -3.82. The zero-order valence-electron chi connectivity index (χ0n) is 15.7. The van der Waals surface area contributed by atoms with Crippen molar-refractivity contribution in [2.45, 2.75) is 19.4 Å². The van der Waals surface area contributed by atoms with Crippen molar-refractivity contribution in [3.63, 3.8) is 0 Å². The fraction of sp³-hybridized carbons (Fsp3) is 0.263. The number of benzene rings is 1. The summed E-state index contributed by atoms with van der Waals surface area (Å²) in [6, 6.07) is 8.57. The number of methoxy groups -OCH3 is 1. The smallest absolute Gasteiger partial charge is 0.255 e. The van der Waals surface area contributed by atoms with E-state index < -0.39 is 5.91 Å². The van der Waals surface area contributed by atoms with Gasteiger partial charge >= 0.3 is 0 Å². The number of amides is 2. The highest BCUT2D eigenvalue weighted by atomic mass is 16.5. The Morgan fingerprint density at radius 3 is 2.83 bits per heavy atom. The second-order valence-electron chi connectivity index (χ2n) is 6.01. The highest BCUT2D eigenvalue weighted by molar-refractivity contribution is 5.76. The average Bonchev–Trinajstić information content (AvgIpc) is 3.40. The molecule has 0 bridgehead atoms. The zero-order valence-corrected chi connectivity index (χ0v) is 15.7. The van der Waals surface area contributed by atoms with Crippen LogP contribution in [0.5, 0.6) is 11.5 Å². The molecule has 0 radical (unpaired) electrons. The van der Waals surface area contributed by atoms with Crippen molar-refractivity contribution in [3.8, 4) is 23.1 Å². The predicted molar refractivity (Wildman–Crippen MR) is 99.9 cm³/mol. The predicted octanol–water partition coefficient (Wildman–Crippen LogP) is 1.45. The minimum atomic E-state index is -0.582. The largest absolute Gasteiger partial charge is 0.493 e. The molecule has 0 aliphatic heterocycles. The van der Waals surface area contributed by atoms with E-state index in [2.05, 4.69) is 15.5 Å². The third kappa shape index (κ3) is 5.58. The number of aryl methyl sites for hydroxylation is 1. The molecular formula is C19H20N4O6. The minimum Gasteiger partial charge on any atom is -0.493 e. The van der Waals surface area contributed by atoms with Crippen LogP contribution < -0.4 is 20.5 Å². The summed E-state index contributed by atoms with van der Waals surface area (Å²) < 4.78 is 20.8. The lowest BCUT2D eigenvalue weighted by molar-refractivity contribution is -0.121. The number of hydrogen-bond donors (Lipinski definition) is 2. The lowest BCUT2D eigenvalue weighted by Gasteiger charge is -2.11. The Balaban J connectivity index is 1.48. The molecule has 3 aromatic rings. The number of aromatic nitrogens is 2. The van der Waals surface area contributed by atoms with Crippen molar-refractivity contribution in [2.24, 2.45) is 5.73 Å². The van der Waals surface area contributed by atoms with Gasteiger partial charge in [-0.15, -0.1) is 0 Å². The maximum atomic E-state index is 12.1. The molecule has 152 valence electrons. The SMILES string of the molecule is COc1cc(CNC(=O)CCc2nc(-c3ccco3)no2)ccc1OCC(N)=O. The summed E-state index contributed by atoms with van der Waals surface area (Å²) in [4.78, 5) is 27.1. The van der Waals surface area contributed by atoms with E-state index >= 15 is 0 Å². The molecule has 0 saturated heterocycles. The van der Waals surface area contributed by atoms with Gasteiger partial charge in [0, 0.05) is 19.4 Å². The number of nitrogens with two attached hydrogens (primary N) is 1. The number of nitrogens with zero attached hydrogens (tertiary/aromatic N) is 2. The number of hydrogen-bond acceptors (Lipinski definition) is 8. The number of ether oxygens (including phenoxy) is 2. The van der Waals surface area contributed by atoms with Gasteiger partial charge < -0.3 is 29.5 Å². The minimum absolute atomic E-state index is 0.171. The molecule has 1 aromatic carbocycles. The first-order chi connectivity index (χ1) is 14.0. The third-order valence-electron chi connectivity index (χ3n) is 3.86. The highest BCUT2D eigenvalue weighted by Crippen LogP contribution is 2.28. The molecule has 0 fully saturated rings. The Kier molecular flexibility index (Phi) is 6.46. The molecule has 0 unspecified atom stereocenters. The first kappa shape index (κ1) is 19.9. The van der Waals surface area contributed by atoms with Crippen molar-refractivity contribution >= 4 is 11.8 Å². The van der Waals surface area contributed by atoms with Crippen LogP contribution in [0.3, 0.4) is 0 Å². The summed E-state index contributed by atoms with van der Waals surface area (Å²) >= 11 is 0. The van der Waals surface area contributed by atoms with Crippen LogP contribution >= 0.6 is 0 Å². The first-order valence-electron chi connectivity index (χ1n) is 8.76. The summed E-state index contributed by atoms with van der Waals surface area (Å²) in [5.74, 6) is 1.28. The van der Waals surface area contributed by atoms with Crippen LogP contribution in [-0.4, -0.2) is 35.7 Å². The molecule has 2 amide bonds. The Morgan fingerprint density at radius 1 is 1.24 bits per heavy atom. The number of furan rings is 1. The number of carbonyl (C=O) groups excluding carboxylic acids is 2. The van der Waals surface area contributed by atoms with Crippen molar-refractivity contribution in [1.29, 1.82) is 0 Å². The number of rotatable bonds is 10. The summed E-state index contributed by atoms with van der Waals surface area (Å²) in [7, 11) is 1.48. The number of nitrogens with one attached hydrogen (secondary N) is 1. The van der Waals surface area contributed by atoms with Gasteiger partial charge in [-0.2, -0.15) is 4.98 Å². The average molecular weight is 400 g/mol. The van der Waals surface area contributed by atoms with Gasteiger partial charge in [0.25, 0.3) is 5.91 Å². The van der Waals surface area contributed by atoms with E-state index in [9.17, 15) is 9.59 Å². The maximum Gasteiger partial charge on any atom is 0.255 e. The fourth-order valence-corrected chi connectivity index (χ4v) is 2.46. The van der Waals surface area contributed by atoms with E-state index in [1.807, 2.05) is 0 Å². The van der Waals surface area contributed by atoms with E-state index in [1.165, 1.54) is 13.4 Å². The van der Waals surface area contributed by atoms with Crippen LogP contribution in [0.1, 0.15) is 17.9 Å². The molecule has 10 heteroatoms. The van der Waals surface area contributed by atoms with Crippen LogP contribution in [0.25, 0.3) is 11.6 Å². The standard InChI is InChI=1S/C19H20N4O6/c1-26-15-9-12(4-5-13(15)28-11-16(20)24)10-21-17(25)6-7-18-22-19(23-29-18)14-3-2-8-27-14/h2-5,8-9H,6-7,10-11H2,1H3,(H2,20,24)(H,21,25). The van der Waals surface area contributed by atoms with Crippen LogP contribution in [0.2, 0.25) is 0 Å². The van der Waals surface area contributed by atoms with Crippen LogP contribution in [-0.2, 0) is 22.6 Å². The monoisotopic (exact) mass is 400 g/mol. The van der Waals surface area contributed by atoms with Crippen molar-refractivity contribution in [2.75, 3.05) is 13.7 Å². The van der Waals surface area contributed by atoms with Crippen molar-refractivity contribution in [1.82, 2.24) is 15.5 Å².